The Balaban J connectivity index is 2.09. The topological polar surface area (TPSA) is 21.3 Å². The fourth-order valence-corrected chi connectivity index (χ4v) is 2.03. The highest BCUT2D eigenvalue weighted by Gasteiger charge is 2.19. The average Bonchev–Trinajstić information content (AvgIpc) is 2.19. The third-order valence-electron chi connectivity index (χ3n) is 3.10. The molecule has 1 aliphatic rings. The molecule has 1 atom stereocenters. The van der Waals surface area contributed by atoms with Crippen LogP contribution in [0.15, 0.2) is 0 Å². The van der Waals surface area contributed by atoms with Crippen molar-refractivity contribution in [3.63, 3.8) is 0 Å². The first kappa shape index (κ1) is 11.0. The molecule has 0 aliphatic carbocycles. The lowest BCUT2D eigenvalue weighted by Gasteiger charge is -2.27. The Kier molecular flexibility index (Phi) is 5.40. The van der Waals surface area contributed by atoms with Crippen molar-refractivity contribution >= 4 is 0 Å². The van der Waals surface area contributed by atoms with E-state index in [1.165, 1.54) is 25.8 Å². The predicted octanol–water partition coefficient (Wildman–Crippen LogP) is 2.05. The molecule has 0 saturated carbocycles. The molecule has 1 aliphatic heterocycles. The largest absolute Gasteiger partial charge is 0.381 e. The van der Waals surface area contributed by atoms with E-state index in [-0.39, 0.29) is 0 Å². The maximum absolute atomic E-state index is 5.36. The first-order chi connectivity index (χ1) is 6.34. The summed E-state index contributed by atoms with van der Waals surface area (Å²) >= 11 is 0. The second-order valence-electron chi connectivity index (χ2n) is 4.07. The lowest BCUT2D eigenvalue weighted by atomic mass is 9.85. The molecule has 1 N–H and O–H groups in total. The summed E-state index contributed by atoms with van der Waals surface area (Å²) < 4.78 is 5.36. The second kappa shape index (κ2) is 6.39. The Morgan fingerprint density at radius 2 is 2.08 bits per heavy atom. The molecule has 0 amide bonds. The van der Waals surface area contributed by atoms with Crippen molar-refractivity contribution in [3.05, 3.63) is 0 Å². The number of hydrogen-bond acceptors (Lipinski definition) is 2. The normalized spacial score (nSPS) is 21.7. The van der Waals surface area contributed by atoms with Gasteiger partial charge in [0.2, 0.25) is 0 Å². The van der Waals surface area contributed by atoms with E-state index in [0.29, 0.717) is 0 Å². The van der Waals surface area contributed by atoms with Gasteiger partial charge >= 0.3 is 0 Å². The van der Waals surface area contributed by atoms with Crippen LogP contribution in [-0.4, -0.2) is 26.3 Å². The number of ether oxygens (including phenoxy) is 1. The summed E-state index contributed by atoms with van der Waals surface area (Å²) in [6.45, 7) is 8.79. The summed E-state index contributed by atoms with van der Waals surface area (Å²) in [6.07, 6.45) is 3.86. The number of nitrogens with one attached hydrogen (secondary N) is 1. The summed E-state index contributed by atoms with van der Waals surface area (Å²) in [7, 11) is 0. The third kappa shape index (κ3) is 4.10. The summed E-state index contributed by atoms with van der Waals surface area (Å²) in [5.74, 6) is 1.77. The SMILES string of the molecule is CCNCCC(C)C1CCOCC1. The first-order valence-electron chi connectivity index (χ1n) is 5.63. The van der Waals surface area contributed by atoms with Crippen molar-refractivity contribution in [2.45, 2.75) is 33.1 Å². The van der Waals surface area contributed by atoms with Crippen molar-refractivity contribution in [2.24, 2.45) is 11.8 Å². The maximum Gasteiger partial charge on any atom is 0.0468 e. The van der Waals surface area contributed by atoms with Crippen LogP contribution in [0.2, 0.25) is 0 Å². The summed E-state index contributed by atoms with van der Waals surface area (Å²) in [5, 5.41) is 3.39. The van der Waals surface area contributed by atoms with Crippen molar-refractivity contribution in [1.82, 2.24) is 5.32 Å². The average molecular weight is 185 g/mol. The van der Waals surface area contributed by atoms with Gasteiger partial charge in [-0.2, -0.15) is 0 Å². The van der Waals surface area contributed by atoms with Crippen LogP contribution in [0.3, 0.4) is 0 Å². The van der Waals surface area contributed by atoms with Crippen LogP contribution in [0, 0.1) is 11.8 Å². The number of rotatable bonds is 5. The molecule has 2 nitrogen and oxygen atoms in total. The highest BCUT2D eigenvalue weighted by Crippen LogP contribution is 2.25. The molecule has 1 heterocycles. The minimum Gasteiger partial charge on any atom is -0.381 e. The first-order valence-corrected chi connectivity index (χ1v) is 5.63. The van der Waals surface area contributed by atoms with E-state index < -0.39 is 0 Å². The Labute approximate surface area is 82.0 Å². The molecule has 1 unspecified atom stereocenters. The summed E-state index contributed by atoms with van der Waals surface area (Å²) in [5.41, 5.74) is 0. The van der Waals surface area contributed by atoms with E-state index in [0.717, 1.165) is 31.6 Å². The smallest absolute Gasteiger partial charge is 0.0468 e. The quantitative estimate of drug-likeness (QED) is 0.662. The van der Waals surface area contributed by atoms with Crippen molar-refractivity contribution < 1.29 is 4.74 Å². The zero-order valence-electron chi connectivity index (χ0n) is 9.01. The molecule has 0 aromatic heterocycles. The monoisotopic (exact) mass is 185 g/mol. The Morgan fingerprint density at radius 1 is 1.38 bits per heavy atom. The van der Waals surface area contributed by atoms with E-state index in [1.807, 2.05) is 0 Å². The Morgan fingerprint density at radius 3 is 2.69 bits per heavy atom. The number of hydrogen-bond donors (Lipinski definition) is 1. The Bertz CT molecular complexity index is 121. The molecule has 13 heavy (non-hydrogen) atoms. The van der Waals surface area contributed by atoms with Gasteiger partial charge in [0.15, 0.2) is 0 Å². The van der Waals surface area contributed by atoms with Gasteiger partial charge in [0.25, 0.3) is 0 Å². The van der Waals surface area contributed by atoms with Crippen LogP contribution in [0.5, 0.6) is 0 Å². The van der Waals surface area contributed by atoms with Crippen LogP contribution in [0.1, 0.15) is 33.1 Å². The van der Waals surface area contributed by atoms with Gasteiger partial charge in [-0.15, -0.1) is 0 Å². The summed E-state index contributed by atoms with van der Waals surface area (Å²) in [4.78, 5) is 0. The van der Waals surface area contributed by atoms with Gasteiger partial charge in [-0.05, 0) is 44.2 Å². The molecule has 0 aromatic rings. The van der Waals surface area contributed by atoms with E-state index in [2.05, 4.69) is 19.2 Å². The van der Waals surface area contributed by atoms with E-state index in [1.54, 1.807) is 0 Å². The van der Waals surface area contributed by atoms with Crippen molar-refractivity contribution in [1.29, 1.82) is 0 Å². The molecular weight excluding hydrogens is 162 g/mol. The minimum absolute atomic E-state index is 0.864. The fourth-order valence-electron chi connectivity index (χ4n) is 2.03. The van der Waals surface area contributed by atoms with Crippen LogP contribution >= 0.6 is 0 Å². The van der Waals surface area contributed by atoms with Gasteiger partial charge < -0.3 is 10.1 Å². The molecule has 0 radical (unpaired) electrons. The molecule has 0 aromatic carbocycles. The zero-order chi connectivity index (χ0) is 9.52. The molecule has 1 saturated heterocycles. The highest BCUT2D eigenvalue weighted by molar-refractivity contribution is 4.70. The lowest BCUT2D eigenvalue weighted by Crippen LogP contribution is -2.25. The van der Waals surface area contributed by atoms with Gasteiger partial charge in [0.05, 0.1) is 0 Å². The van der Waals surface area contributed by atoms with Crippen LogP contribution in [0.25, 0.3) is 0 Å². The van der Waals surface area contributed by atoms with Crippen molar-refractivity contribution in [3.8, 4) is 0 Å². The molecule has 2 heteroatoms. The Hall–Kier alpha value is -0.0800. The van der Waals surface area contributed by atoms with Gasteiger partial charge in [0, 0.05) is 13.2 Å². The van der Waals surface area contributed by atoms with Gasteiger partial charge in [-0.25, -0.2) is 0 Å². The van der Waals surface area contributed by atoms with Gasteiger partial charge in [-0.1, -0.05) is 13.8 Å². The molecule has 0 bridgehead atoms. The van der Waals surface area contributed by atoms with E-state index in [4.69, 9.17) is 4.74 Å². The summed E-state index contributed by atoms with van der Waals surface area (Å²) in [6, 6.07) is 0. The highest BCUT2D eigenvalue weighted by atomic mass is 16.5. The molecular formula is C11H23NO. The molecule has 1 fully saturated rings. The van der Waals surface area contributed by atoms with Crippen molar-refractivity contribution in [2.75, 3.05) is 26.3 Å². The van der Waals surface area contributed by atoms with Gasteiger partial charge in [-0.3, -0.25) is 0 Å². The third-order valence-corrected chi connectivity index (χ3v) is 3.10. The standard InChI is InChI=1S/C11H23NO/c1-3-12-7-4-10(2)11-5-8-13-9-6-11/h10-12H,3-9H2,1-2H3. The minimum atomic E-state index is 0.864. The van der Waals surface area contributed by atoms with Crippen LogP contribution in [-0.2, 0) is 4.74 Å². The molecule has 78 valence electrons. The lowest BCUT2D eigenvalue weighted by molar-refractivity contribution is 0.0482. The molecule has 1 rings (SSSR count). The zero-order valence-corrected chi connectivity index (χ0v) is 9.01. The fraction of sp³-hybridized carbons (Fsp3) is 1.00. The second-order valence-corrected chi connectivity index (χ2v) is 4.07. The van der Waals surface area contributed by atoms with Gasteiger partial charge in [0.1, 0.15) is 0 Å². The van der Waals surface area contributed by atoms with Crippen LogP contribution in [0.4, 0.5) is 0 Å². The van der Waals surface area contributed by atoms with E-state index >= 15 is 0 Å². The van der Waals surface area contributed by atoms with E-state index in [9.17, 15) is 0 Å². The maximum atomic E-state index is 5.36. The molecule has 0 spiro atoms. The predicted molar refractivity (Wildman–Crippen MR) is 55.9 cm³/mol. The van der Waals surface area contributed by atoms with Crippen LogP contribution < -0.4 is 5.32 Å².